The van der Waals surface area contributed by atoms with Crippen LogP contribution in [0.3, 0.4) is 0 Å². The molecule has 3 N–H and O–H groups in total. The van der Waals surface area contributed by atoms with Gasteiger partial charge in [-0.05, 0) is 0 Å². The molecule has 0 bridgehead atoms. The van der Waals surface area contributed by atoms with Crippen molar-refractivity contribution in [3.05, 3.63) is 18.1 Å². The van der Waals surface area contributed by atoms with Crippen LogP contribution in [0.25, 0.3) is 0 Å². The molecule has 0 fully saturated rings. The predicted molar refractivity (Wildman–Crippen MR) is 33.4 cm³/mol. The fourth-order valence-corrected chi connectivity index (χ4v) is 0.514. The monoisotopic (exact) mass is 162 g/mol. The molecule has 0 aliphatic carbocycles. The molecule has 1 rings (SSSR count). The first-order chi connectivity index (χ1) is 4.72. The number of nitrogens with zero attached hydrogens (tertiary/aromatic N) is 2. The first-order valence-corrected chi connectivity index (χ1v) is 2.51. The molecule has 0 aromatic carbocycles. The molecule has 0 atom stereocenters. The Morgan fingerprint density at radius 3 is 2.36 bits per heavy atom. The Labute approximate surface area is 84.9 Å². The molecule has 0 saturated heterocycles. The number of nitrogens with two attached hydrogens (primary N) is 1. The summed E-state index contributed by atoms with van der Waals surface area (Å²) in [6.07, 6.45) is 2.61. The summed E-state index contributed by atoms with van der Waals surface area (Å²) in [5.74, 6) is -1.22. The number of aromatic nitrogens is 2. The maximum atomic E-state index is 10.2. The van der Waals surface area contributed by atoms with E-state index in [-0.39, 0.29) is 41.1 Å². The van der Waals surface area contributed by atoms with E-state index in [1.807, 2.05) is 0 Å². The van der Waals surface area contributed by atoms with E-state index in [9.17, 15) is 4.79 Å². The van der Waals surface area contributed by atoms with Crippen molar-refractivity contribution in [2.45, 2.75) is 0 Å². The summed E-state index contributed by atoms with van der Waals surface area (Å²) in [6.45, 7) is 0. The average Bonchev–Trinajstić information content (AvgIpc) is 1.88. The number of carbonyl (C=O) groups is 1. The minimum absolute atomic E-state index is 0. The molecule has 1 heterocycles. The molecule has 5 nitrogen and oxygen atoms in total. The summed E-state index contributed by atoms with van der Waals surface area (Å²) < 4.78 is 0. The number of hydrogen-bond donors (Lipinski definition) is 2. The topological polar surface area (TPSA) is 89.1 Å². The second-order valence-electron chi connectivity index (χ2n) is 1.60. The van der Waals surface area contributed by atoms with Crippen molar-refractivity contribution in [1.29, 1.82) is 0 Å². The van der Waals surface area contributed by atoms with Gasteiger partial charge in [0.15, 0.2) is 11.5 Å². The maximum Gasteiger partial charge on any atom is 1.00 e. The van der Waals surface area contributed by atoms with Gasteiger partial charge in [-0.25, -0.2) is 14.8 Å². The maximum absolute atomic E-state index is 10.2. The van der Waals surface area contributed by atoms with Crippen LogP contribution in [0.2, 0.25) is 0 Å². The summed E-state index contributed by atoms with van der Waals surface area (Å²) >= 11 is 0. The van der Waals surface area contributed by atoms with Gasteiger partial charge in [-0.1, -0.05) is 0 Å². The van der Waals surface area contributed by atoms with E-state index in [1.54, 1.807) is 0 Å². The third-order valence-electron chi connectivity index (χ3n) is 0.929. The van der Waals surface area contributed by atoms with Gasteiger partial charge < -0.3 is 10.8 Å². The summed E-state index contributed by atoms with van der Waals surface area (Å²) in [4.78, 5) is 17.3. The minimum atomic E-state index is -1.16. The van der Waals surface area contributed by atoms with Crippen molar-refractivity contribution in [1.82, 2.24) is 9.97 Å². The van der Waals surface area contributed by atoms with Gasteiger partial charge in [0, 0.05) is 12.4 Å². The quantitative estimate of drug-likeness (QED) is 0.423. The number of rotatable bonds is 1. The van der Waals surface area contributed by atoms with Crippen LogP contribution in [0.4, 0.5) is 5.82 Å². The van der Waals surface area contributed by atoms with Gasteiger partial charge in [0.05, 0.1) is 0 Å². The van der Waals surface area contributed by atoms with E-state index < -0.39 is 5.97 Å². The minimum Gasteiger partial charge on any atom is -0.476 e. The summed E-state index contributed by atoms with van der Waals surface area (Å²) in [5, 5.41) is 8.38. The predicted octanol–water partition coefficient (Wildman–Crippen LogP) is -3.24. The van der Waals surface area contributed by atoms with Gasteiger partial charge in [-0.2, -0.15) is 0 Å². The van der Waals surface area contributed by atoms with E-state index >= 15 is 0 Å². The fraction of sp³-hybridized carbons (Fsp3) is 0. The van der Waals surface area contributed by atoms with Crippen molar-refractivity contribution in [3.63, 3.8) is 0 Å². The van der Waals surface area contributed by atoms with Crippen LogP contribution in [0.5, 0.6) is 0 Å². The molecule has 0 amide bonds. The zero-order chi connectivity index (χ0) is 7.56. The van der Waals surface area contributed by atoms with Gasteiger partial charge in [0.2, 0.25) is 0 Å². The summed E-state index contributed by atoms with van der Waals surface area (Å²) in [5.41, 5.74) is 4.96. The van der Waals surface area contributed by atoms with Gasteiger partial charge >= 0.3 is 35.5 Å². The van der Waals surface area contributed by atoms with E-state index in [1.165, 1.54) is 12.4 Å². The van der Waals surface area contributed by atoms with Crippen molar-refractivity contribution >= 4 is 11.8 Å². The number of aromatic carboxylic acids is 1. The van der Waals surface area contributed by atoms with Crippen LogP contribution in [-0.2, 0) is 0 Å². The molecule has 0 aliphatic heterocycles. The van der Waals surface area contributed by atoms with Crippen molar-refractivity contribution < 1.29 is 39.5 Å². The zero-order valence-corrected chi connectivity index (χ0v) is 7.98. The van der Waals surface area contributed by atoms with Crippen LogP contribution in [0.1, 0.15) is 10.5 Å². The third kappa shape index (κ3) is 2.45. The van der Waals surface area contributed by atoms with Gasteiger partial charge in [-0.3, -0.25) is 0 Å². The van der Waals surface area contributed by atoms with Crippen LogP contribution in [0, 0.1) is 0 Å². The Kier molecular flexibility index (Phi) is 4.02. The van der Waals surface area contributed by atoms with Crippen LogP contribution >= 0.6 is 0 Å². The SMILES string of the molecule is Nc1nccnc1C(=O)O.[Na+]. The standard InChI is InChI=1S/C5H5N3O2.Na/c6-4-3(5(9)10)7-1-2-8-4;/h1-2H,(H2,6,8)(H,9,10);/q;+1. The van der Waals surface area contributed by atoms with E-state index in [0.717, 1.165) is 0 Å². The Balaban J connectivity index is 0.000001000. The molecule has 52 valence electrons. The first-order valence-electron chi connectivity index (χ1n) is 2.51. The normalized spacial score (nSPS) is 8.36. The number of carboxylic acids is 1. The second kappa shape index (κ2) is 4.27. The molecule has 0 spiro atoms. The number of anilines is 1. The molecule has 11 heavy (non-hydrogen) atoms. The van der Waals surface area contributed by atoms with Gasteiger partial charge in [0.25, 0.3) is 0 Å². The summed E-state index contributed by atoms with van der Waals surface area (Å²) in [6, 6.07) is 0. The molecular formula is C5H5N3NaO2+. The zero-order valence-electron chi connectivity index (χ0n) is 5.98. The Morgan fingerprint density at radius 2 is 2.00 bits per heavy atom. The molecule has 0 unspecified atom stereocenters. The number of nitrogen functional groups attached to an aromatic ring is 1. The first kappa shape index (κ1) is 10.3. The molecule has 1 aromatic rings. The molecule has 0 saturated carbocycles. The largest absolute Gasteiger partial charge is 1.00 e. The van der Waals surface area contributed by atoms with Crippen LogP contribution in [0.15, 0.2) is 12.4 Å². The van der Waals surface area contributed by atoms with E-state index in [0.29, 0.717) is 0 Å². The van der Waals surface area contributed by atoms with Gasteiger partial charge in [-0.15, -0.1) is 0 Å². The Bertz CT molecular complexity index is 266. The van der Waals surface area contributed by atoms with Crippen LogP contribution < -0.4 is 35.3 Å². The molecule has 0 radical (unpaired) electrons. The Morgan fingerprint density at radius 1 is 1.45 bits per heavy atom. The smallest absolute Gasteiger partial charge is 0.476 e. The molecule has 0 aliphatic rings. The number of carboxylic acid groups (broad SMARTS) is 1. The molecular weight excluding hydrogens is 157 g/mol. The number of hydrogen-bond acceptors (Lipinski definition) is 4. The van der Waals surface area contributed by atoms with Crippen molar-refractivity contribution in [3.8, 4) is 0 Å². The van der Waals surface area contributed by atoms with Crippen molar-refractivity contribution in [2.24, 2.45) is 0 Å². The summed E-state index contributed by atoms with van der Waals surface area (Å²) in [7, 11) is 0. The van der Waals surface area contributed by atoms with E-state index in [2.05, 4.69) is 9.97 Å². The average molecular weight is 162 g/mol. The molecule has 1 aromatic heterocycles. The van der Waals surface area contributed by atoms with Crippen LogP contribution in [-0.4, -0.2) is 21.0 Å². The third-order valence-corrected chi connectivity index (χ3v) is 0.929. The molecule has 6 heteroatoms. The van der Waals surface area contributed by atoms with Crippen molar-refractivity contribution in [2.75, 3.05) is 5.73 Å². The van der Waals surface area contributed by atoms with Gasteiger partial charge in [0.1, 0.15) is 0 Å². The Hall–Kier alpha value is -0.650. The van der Waals surface area contributed by atoms with E-state index in [4.69, 9.17) is 10.8 Å². The fourth-order valence-electron chi connectivity index (χ4n) is 0.514. The second-order valence-corrected chi connectivity index (χ2v) is 1.60.